The second kappa shape index (κ2) is 3.14. The van der Waals surface area contributed by atoms with Crippen molar-refractivity contribution in [3.05, 3.63) is 41.8 Å². The van der Waals surface area contributed by atoms with E-state index in [1.165, 1.54) is 0 Å². The molecular formula is C11H7ClN2O. The Morgan fingerprint density at radius 3 is 2.80 bits per heavy atom. The van der Waals surface area contributed by atoms with Crippen LogP contribution in [0.2, 0.25) is 5.22 Å². The van der Waals surface area contributed by atoms with Crippen LogP contribution < -0.4 is 0 Å². The zero-order valence-corrected chi connectivity index (χ0v) is 8.45. The Labute approximate surface area is 90.7 Å². The molecule has 0 aliphatic carbocycles. The molecule has 1 N–H and O–H groups in total. The first kappa shape index (κ1) is 8.56. The Balaban J connectivity index is 2.24. The molecule has 3 aromatic rings. The van der Waals surface area contributed by atoms with Crippen LogP contribution in [0.25, 0.3) is 22.4 Å². The van der Waals surface area contributed by atoms with E-state index in [1.54, 1.807) is 12.3 Å². The number of halogens is 1. The highest BCUT2D eigenvalue weighted by Gasteiger charge is 2.10. The minimum absolute atomic E-state index is 0.356. The highest BCUT2D eigenvalue weighted by molar-refractivity contribution is 6.31. The molecule has 0 amide bonds. The second-order valence-electron chi connectivity index (χ2n) is 3.21. The maximum absolute atomic E-state index is 5.88. The molecule has 2 aromatic heterocycles. The van der Waals surface area contributed by atoms with Gasteiger partial charge in [0.1, 0.15) is 5.82 Å². The van der Waals surface area contributed by atoms with Crippen LogP contribution in [0.5, 0.6) is 0 Å². The summed E-state index contributed by atoms with van der Waals surface area (Å²) < 4.78 is 5.02. The molecule has 1 aromatic carbocycles. The lowest BCUT2D eigenvalue weighted by Crippen LogP contribution is -1.76. The maximum atomic E-state index is 5.88. The Hall–Kier alpha value is -1.74. The van der Waals surface area contributed by atoms with Crippen molar-refractivity contribution in [2.24, 2.45) is 0 Å². The molecule has 0 fully saturated rings. The number of nitrogens with one attached hydrogen (secondary N) is 1. The number of fused-ring (bicyclic) bond motifs is 1. The van der Waals surface area contributed by atoms with Crippen LogP contribution in [-0.4, -0.2) is 9.97 Å². The number of furan rings is 1. The third kappa shape index (κ3) is 1.32. The Kier molecular flexibility index (Phi) is 1.79. The number of benzene rings is 1. The van der Waals surface area contributed by atoms with E-state index in [1.807, 2.05) is 24.3 Å². The van der Waals surface area contributed by atoms with E-state index >= 15 is 0 Å². The summed E-state index contributed by atoms with van der Waals surface area (Å²) in [6.07, 6.45) is 1.55. The molecular weight excluding hydrogens is 212 g/mol. The van der Waals surface area contributed by atoms with Crippen molar-refractivity contribution < 1.29 is 4.42 Å². The van der Waals surface area contributed by atoms with E-state index in [2.05, 4.69) is 9.97 Å². The largest absolute Gasteiger partial charge is 0.452 e. The van der Waals surface area contributed by atoms with Crippen molar-refractivity contribution in [1.82, 2.24) is 9.97 Å². The molecule has 74 valence electrons. The van der Waals surface area contributed by atoms with Gasteiger partial charge in [-0.3, -0.25) is 0 Å². The SMILES string of the molecule is Clc1occc1-c1nc2ccccc2[nH]1. The zero-order chi connectivity index (χ0) is 10.3. The summed E-state index contributed by atoms with van der Waals surface area (Å²) in [5.41, 5.74) is 2.70. The lowest BCUT2D eigenvalue weighted by molar-refractivity contribution is 0.570. The summed E-state index contributed by atoms with van der Waals surface area (Å²) in [5, 5.41) is 0.356. The number of rotatable bonds is 1. The molecule has 3 rings (SSSR count). The van der Waals surface area contributed by atoms with E-state index in [-0.39, 0.29) is 0 Å². The minimum atomic E-state index is 0.356. The van der Waals surface area contributed by atoms with Crippen molar-refractivity contribution in [3.8, 4) is 11.4 Å². The predicted octanol–water partition coefficient (Wildman–Crippen LogP) is 3.48. The Morgan fingerprint density at radius 2 is 2.07 bits per heavy atom. The molecule has 0 saturated heterocycles. The van der Waals surface area contributed by atoms with Crippen LogP contribution in [0.3, 0.4) is 0 Å². The highest BCUT2D eigenvalue weighted by Crippen LogP contribution is 2.27. The zero-order valence-electron chi connectivity index (χ0n) is 7.70. The average Bonchev–Trinajstić information content (AvgIpc) is 2.82. The fourth-order valence-corrected chi connectivity index (χ4v) is 1.75. The molecule has 2 heterocycles. The van der Waals surface area contributed by atoms with E-state index in [9.17, 15) is 0 Å². The van der Waals surface area contributed by atoms with Crippen molar-refractivity contribution in [2.45, 2.75) is 0 Å². The van der Waals surface area contributed by atoms with Gasteiger partial charge in [-0.1, -0.05) is 12.1 Å². The van der Waals surface area contributed by atoms with E-state index in [0.717, 1.165) is 22.4 Å². The minimum Gasteiger partial charge on any atom is -0.452 e. The lowest BCUT2D eigenvalue weighted by atomic mass is 10.3. The van der Waals surface area contributed by atoms with Gasteiger partial charge in [-0.15, -0.1) is 0 Å². The number of hydrogen-bond acceptors (Lipinski definition) is 2. The molecule has 0 radical (unpaired) electrons. The van der Waals surface area contributed by atoms with Crippen molar-refractivity contribution in [2.75, 3.05) is 0 Å². The summed E-state index contributed by atoms with van der Waals surface area (Å²) in [7, 11) is 0. The average molecular weight is 219 g/mol. The maximum Gasteiger partial charge on any atom is 0.203 e. The fourth-order valence-electron chi connectivity index (χ4n) is 1.54. The Bertz CT molecular complexity index is 579. The van der Waals surface area contributed by atoms with Gasteiger partial charge in [0, 0.05) is 0 Å². The molecule has 0 bridgehead atoms. The second-order valence-corrected chi connectivity index (χ2v) is 3.55. The number of nitrogens with zero attached hydrogens (tertiary/aromatic N) is 1. The molecule has 3 nitrogen and oxygen atoms in total. The van der Waals surface area contributed by atoms with Gasteiger partial charge in [0.25, 0.3) is 0 Å². The summed E-state index contributed by atoms with van der Waals surface area (Å²) in [6.45, 7) is 0. The van der Waals surface area contributed by atoms with Crippen LogP contribution in [0.15, 0.2) is 41.0 Å². The molecule has 0 atom stereocenters. The van der Waals surface area contributed by atoms with Gasteiger partial charge < -0.3 is 9.40 Å². The van der Waals surface area contributed by atoms with Crippen LogP contribution in [0.1, 0.15) is 0 Å². The quantitative estimate of drug-likeness (QED) is 0.680. The number of aromatic nitrogens is 2. The molecule has 0 unspecified atom stereocenters. The van der Waals surface area contributed by atoms with Gasteiger partial charge in [-0.05, 0) is 29.8 Å². The van der Waals surface area contributed by atoms with Gasteiger partial charge >= 0.3 is 0 Å². The molecule has 0 aliphatic heterocycles. The van der Waals surface area contributed by atoms with Crippen LogP contribution >= 0.6 is 11.6 Å². The predicted molar refractivity (Wildman–Crippen MR) is 58.8 cm³/mol. The number of aromatic amines is 1. The first-order chi connectivity index (χ1) is 7.34. The van der Waals surface area contributed by atoms with Crippen molar-refractivity contribution >= 4 is 22.6 Å². The van der Waals surface area contributed by atoms with Crippen LogP contribution in [0, 0.1) is 0 Å². The van der Waals surface area contributed by atoms with E-state index in [4.69, 9.17) is 16.0 Å². The number of imidazole rings is 1. The normalized spacial score (nSPS) is 11.0. The molecule has 0 aliphatic rings. The van der Waals surface area contributed by atoms with Gasteiger partial charge in [-0.2, -0.15) is 0 Å². The first-order valence-electron chi connectivity index (χ1n) is 4.53. The van der Waals surface area contributed by atoms with E-state index in [0.29, 0.717) is 5.22 Å². The Morgan fingerprint density at radius 1 is 1.20 bits per heavy atom. The monoisotopic (exact) mass is 218 g/mol. The topological polar surface area (TPSA) is 41.8 Å². The summed E-state index contributed by atoms with van der Waals surface area (Å²) in [4.78, 5) is 7.60. The number of para-hydroxylation sites is 2. The first-order valence-corrected chi connectivity index (χ1v) is 4.90. The number of H-pyrrole nitrogens is 1. The van der Waals surface area contributed by atoms with E-state index < -0.39 is 0 Å². The summed E-state index contributed by atoms with van der Waals surface area (Å²) >= 11 is 5.88. The number of hydrogen-bond donors (Lipinski definition) is 1. The smallest absolute Gasteiger partial charge is 0.203 e. The van der Waals surface area contributed by atoms with Gasteiger partial charge in [0.05, 0.1) is 22.9 Å². The van der Waals surface area contributed by atoms with Crippen LogP contribution in [-0.2, 0) is 0 Å². The molecule has 0 spiro atoms. The van der Waals surface area contributed by atoms with Gasteiger partial charge in [0.2, 0.25) is 5.22 Å². The fraction of sp³-hybridized carbons (Fsp3) is 0. The molecule has 15 heavy (non-hydrogen) atoms. The van der Waals surface area contributed by atoms with Crippen molar-refractivity contribution in [1.29, 1.82) is 0 Å². The van der Waals surface area contributed by atoms with Crippen LogP contribution in [0.4, 0.5) is 0 Å². The standard InChI is InChI=1S/C11H7ClN2O/c12-10-7(5-6-15-10)11-13-8-3-1-2-4-9(8)14-11/h1-6H,(H,13,14). The van der Waals surface area contributed by atoms with Crippen molar-refractivity contribution in [3.63, 3.8) is 0 Å². The van der Waals surface area contributed by atoms with Gasteiger partial charge in [0.15, 0.2) is 0 Å². The lowest BCUT2D eigenvalue weighted by Gasteiger charge is -1.88. The molecule has 0 saturated carbocycles. The van der Waals surface area contributed by atoms with Gasteiger partial charge in [-0.25, -0.2) is 4.98 Å². The summed E-state index contributed by atoms with van der Waals surface area (Å²) in [6, 6.07) is 9.62. The third-order valence-corrected chi connectivity index (χ3v) is 2.56. The summed E-state index contributed by atoms with van der Waals surface area (Å²) in [5.74, 6) is 0.731. The third-order valence-electron chi connectivity index (χ3n) is 2.26. The highest BCUT2D eigenvalue weighted by atomic mass is 35.5. The molecule has 4 heteroatoms.